The molecule has 0 aliphatic carbocycles. The highest BCUT2D eigenvalue weighted by Crippen LogP contribution is 2.22. The van der Waals surface area contributed by atoms with Crippen LogP contribution < -0.4 is 10.1 Å². The first-order chi connectivity index (χ1) is 10.2. The Morgan fingerprint density at radius 3 is 2.57 bits per heavy atom. The van der Waals surface area contributed by atoms with Gasteiger partial charge in [0.15, 0.2) is 11.6 Å². The lowest BCUT2D eigenvalue weighted by atomic mass is 10.1. The van der Waals surface area contributed by atoms with Gasteiger partial charge in [0.1, 0.15) is 0 Å². The molecule has 21 heavy (non-hydrogen) atoms. The Labute approximate surface area is 126 Å². The summed E-state index contributed by atoms with van der Waals surface area (Å²) in [7, 11) is 0. The fourth-order valence-electron chi connectivity index (χ4n) is 2.25. The zero-order valence-corrected chi connectivity index (χ0v) is 12.6. The summed E-state index contributed by atoms with van der Waals surface area (Å²) < 4.78 is 19.6. The summed E-state index contributed by atoms with van der Waals surface area (Å²) in [5.41, 5.74) is 2.13. The quantitative estimate of drug-likeness (QED) is 0.827. The van der Waals surface area contributed by atoms with Gasteiger partial charge in [-0.15, -0.1) is 0 Å². The maximum absolute atomic E-state index is 14.0. The van der Waals surface area contributed by atoms with E-state index < -0.39 is 0 Å². The minimum Gasteiger partial charge on any atom is -0.490 e. The molecule has 0 radical (unpaired) electrons. The third-order valence-electron chi connectivity index (χ3n) is 3.46. The average Bonchev–Trinajstić information content (AvgIpc) is 2.50. The predicted octanol–water partition coefficient (Wildman–Crippen LogP) is 4.12. The molecule has 1 unspecified atom stereocenters. The first-order valence-corrected chi connectivity index (χ1v) is 7.40. The van der Waals surface area contributed by atoms with E-state index in [2.05, 4.69) is 5.32 Å². The molecular weight excluding hydrogens is 265 g/mol. The molecule has 0 amide bonds. The molecule has 2 nitrogen and oxygen atoms in total. The van der Waals surface area contributed by atoms with Gasteiger partial charge in [-0.2, -0.15) is 0 Å². The molecule has 0 heterocycles. The molecular formula is C18H22FNO. The van der Waals surface area contributed by atoms with E-state index >= 15 is 0 Å². The Bertz CT molecular complexity index is 556. The second-order valence-corrected chi connectivity index (χ2v) is 5.05. The zero-order valence-electron chi connectivity index (χ0n) is 12.6. The first kappa shape index (κ1) is 15.5. The summed E-state index contributed by atoms with van der Waals surface area (Å²) in [5.74, 6) is 0.0173. The summed E-state index contributed by atoms with van der Waals surface area (Å²) in [6, 6.07) is 15.4. The van der Waals surface area contributed by atoms with Gasteiger partial charge in [-0.05, 0) is 36.7 Å². The fourth-order valence-corrected chi connectivity index (χ4v) is 2.25. The van der Waals surface area contributed by atoms with Crippen LogP contribution in [-0.4, -0.2) is 13.2 Å². The largest absolute Gasteiger partial charge is 0.490 e. The highest BCUT2D eigenvalue weighted by atomic mass is 19.1. The Kier molecular flexibility index (Phi) is 5.76. The van der Waals surface area contributed by atoms with Crippen molar-refractivity contribution in [1.82, 2.24) is 5.32 Å². The van der Waals surface area contributed by atoms with Crippen molar-refractivity contribution in [2.24, 2.45) is 0 Å². The van der Waals surface area contributed by atoms with Gasteiger partial charge in [-0.25, -0.2) is 4.39 Å². The number of benzene rings is 2. The predicted molar refractivity (Wildman–Crippen MR) is 84.1 cm³/mol. The summed E-state index contributed by atoms with van der Waals surface area (Å²) in [5, 5.41) is 3.27. The molecule has 2 rings (SSSR count). The van der Waals surface area contributed by atoms with Crippen LogP contribution >= 0.6 is 0 Å². The molecule has 0 fully saturated rings. The van der Waals surface area contributed by atoms with E-state index in [1.54, 1.807) is 12.1 Å². The number of hydrogen-bond donors (Lipinski definition) is 1. The van der Waals surface area contributed by atoms with Crippen molar-refractivity contribution >= 4 is 0 Å². The molecule has 2 aromatic rings. The molecule has 0 bridgehead atoms. The summed E-state index contributed by atoms with van der Waals surface area (Å²) in [6.45, 7) is 5.39. The van der Waals surface area contributed by atoms with Gasteiger partial charge >= 0.3 is 0 Å². The van der Waals surface area contributed by atoms with Crippen LogP contribution in [0.15, 0.2) is 48.5 Å². The molecule has 1 atom stereocenters. The molecule has 0 saturated heterocycles. The molecule has 2 aromatic carbocycles. The Morgan fingerprint density at radius 1 is 1.14 bits per heavy atom. The van der Waals surface area contributed by atoms with E-state index in [9.17, 15) is 4.39 Å². The van der Waals surface area contributed by atoms with Crippen LogP contribution in [0.4, 0.5) is 4.39 Å². The van der Waals surface area contributed by atoms with Crippen LogP contribution in [0.3, 0.4) is 0 Å². The number of ether oxygens (including phenoxy) is 1. The van der Waals surface area contributed by atoms with Crippen LogP contribution in [0.5, 0.6) is 5.75 Å². The van der Waals surface area contributed by atoms with Gasteiger partial charge in [-0.3, -0.25) is 0 Å². The van der Waals surface area contributed by atoms with Crippen LogP contribution in [-0.2, 0) is 6.42 Å². The van der Waals surface area contributed by atoms with Crippen molar-refractivity contribution in [2.75, 3.05) is 13.2 Å². The topological polar surface area (TPSA) is 21.3 Å². The van der Waals surface area contributed by atoms with Crippen molar-refractivity contribution < 1.29 is 9.13 Å². The van der Waals surface area contributed by atoms with Gasteiger partial charge in [0, 0.05) is 12.5 Å². The van der Waals surface area contributed by atoms with Crippen molar-refractivity contribution in [1.29, 1.82) is 0 Å². The van der Waals surface area contributed by atoms with Crippen molar-refractivity contribution in [2.45, 2.75) is 26.3 Å². The number of halogens is 1. The minimum atomic E-state index is -0.301. The summed E-state index contributed by atoms with van der Waals surface area (Å²) in [6.07, 6.45) is 0.774. The lowest BCUT2D eigenvalue weighted by molar-refractivity contribution is 0.305. The second-order valence-electron chi connectivity index (χ2n) is 5.05. The third-order valence-corrected chi connectivity index (χ3v) is 3.46. The molecule has 1 N–H and O–H groups in total. The number of nitrogens with one attached hydrogen (secondary N) is 1. The third kappa shape index (κ3) is 4.57. The van der Waals surface area contributed by atoms with E-state index in [0.29, 0.717) is 12.4 Å². The summed E-state index contributed by atoms with van der Waals surface area (Å²) in [4.78, 5) is 0. The van der Waals surface area contributed by atoms with E-state index in [0.717, 1.165) is 18.5 Å². The number of hydrogen-bond acceptors (Lipinski definition) is 2. The van der Waals surface area contributed by atoms with Gasteiger partial charge in [0.05, 0.1) is 6.61 Å². The average molecular weight is 287 g/mol. The zero-order chi connectivity index (χ0) is 15.1. The Hall–Kier alpha value is -1.87. The van der Waals surface area contributed by atoms with Crippen LogP contribution in [0.25, 0.3) is 0 Å². The van der Waals surface area contributed by atoms with E-state index in [-0.39, 0.29) is 11.9 Å². The molecule has 0 aliphatic heterocycles. The van der Waals surface area contributed by atoms with Crippen LogP contribution in [0, 0.1) is 5.82 Å². The minimum absolute atomic E-state index is 0.142. The molecule has 3 heteroatoms. The lowest BCUT2D eigenvalue weighted by Crippen LogP contribution is -2.17. The van der Waals surface area contributed by atoms with Gasteiger partial charge < -0.3 is 10.1 Å². The maximum atomic E-state index is 14.0. The van der Waals surface area contributed by atoms with Crippen LogP contribution in [0.2, 0.25) is 0 Å². The van der Waals surface area contributed by atoms with E-state index in [1.807, 2.05) is 50.2 Å². The lowest BCUT2D eigenvalue weighted by Gasteiger charge is -2.14. The van der Waals surface area contributed by atoms with E-state index in [4.69, 9.17) is 4.74 Å². The van der Waals surface area contributed by atoms with Crippen molar-refractivity contribution in [3.05, 3.63) is 65.5 Å². The van der Waals surface area contributed by atoms with E-state index in [1.165, 1.54) is 5.56 Å². The summed E-state index contributed by atoms with van der Waals surface area (Å²) >= 11 is 0. The SMILES string of the molecule is CCNC(C)c1ccc(OCCc2ccccc2)c(F)c1. The highest BCUT2D eigenvalue weighted by Gasteiger charge is 2.09. The Balaban J connectivity index is 1.92. The van der Waals surface area contributed by atoms with Gasteiger partial charge in [-0.1, -0.05) is 43.3 Å². The smallest absolute Gasteiger partial charge is 0.165 e. The standard InChI is InChI=1S/C18H22FNO/c1-3-20-14(2)16-9-10-18(17(19)13-16)21-12-11-15-7-5-4-6-8-15/h4-10,13-14,20H,3,11-12H2,1-2H3. The molecule has 112 valence electrons. The first-order valence-electron chi connectivity index (χ1n) is 7.40. The number of rotatable bonds is 7. The normalized spacial score (nSPS) is 12.1. The molecule has 0 aromatic heterocycles. The van der Waals surface area contributed by atoms with Crippen molar-refractivity contribution in [3.63, 3.8) is 0 Å². The highest BCUT2D eigenvalue weighted by molar-refractivity contribution is 5.31. The fraction of sp³-hybridized carbons (Fsp3) is 0.333. The van der Waals surface area contributed by atoms with Gasteiger partial charge in [0.25, 0.3) is 0 Å². The molecule has 0 spiro atoms. The molecule has 0 saturated carbocycles. The monoisotopic (exact) mass is 287 g/mol. The van der Waals surface area contributed by atoms with Crippen LogP contribution in [0.1, 0.15) is 31.0 Å². The van der Waals surface area contributed by atoms with Crippen molar-refractivity contribution in [3.8, 4) is 5.75 Å². The maximum Gasteiger partial charge on any atom is 0.165 e. The Morgan fingerprint density at radius 2 is 1.90 bits per heavy atom. The molecule has 0 aliphatic rings. The second kappa shape index (κ2) is 7.79. The van der Waals surface area contributed by atoms with Gasteiger partial charge in [0.2, 0.25) is 0 Å².